The van der Waals surface area contributed by atoms with Crippen LogP contribution in [-0.2, 0) is 13.0 Å². The molecular weight excluding hydrogens is 527 g/mol. The van der Waals surface area contributed by atoms with Crippen molar-refractivity contribution < 1.29 is 9.59 Å². The molecule has 3 atom stereocenters. The Balaban J connectivity index is 1.32. The van der Waals surface area contributed by atoms with Crippen molar-refractivity contribution in [3.05, 3.63) is 79.2 Å². The first-order valence-electron chi connectivity index (χ1n) is 12.9. The second kappa shape index (κ2) is 9.24. The molecule has 2 aromatic heterocycles. The Morgan fingerprint density at radius 1 is 1.11 bits per heavy atom. The van der Waals surface area contributed by atoms with E-state index in [1.807, 2.05) is 25.5 Å². The van der Waals surface area contributed by atoms with Crippen LogP contribution in [0.5, 0.6) is 0 Å². The molecule has 1 saturated carbocycles. The summed E-state index contributed by atoms with van der Waals surface area (Å²) in [5.41, 5.74) is 3.16. The van der Waals surface area contributed by atoms with Gasteiger partial charge in [0.25, 0.3) is 17.4 Å². The Morgan fingerprint density at radius 3 is 2.58 bits per heavy atom. The summed E-state index contributed by atoms with van der Waals surface area (Å²) in [6, 6.07) is 4.59. The molecule has 38 heavy (non-hydrogen) atoms. The van der Waals surface area contributed by atoms with Crippen LogP contribution >= 0.6 is 23.2 Å². The van der Waals surface area contributed by atoms with E-state index in [9.17, 15) is 14.4 Å². The number of carbonyl (C=O) groups is 2. The van der Waals surface area contributed by atoms with Crippen molar-refractivity contribution in [3.63, 3.8) is 0 Å². The van der Waals surface area contributed by atoms with Gasteiger partial charge < -0.3 is 14.4 Å². The largest absolute Gasteiger partial charge is 0.331 e. The van der Waals surface area contributed by atoms with E-state index >= 15 is 0 Å². The number of rotatable bonds is 4. The van der Waals surface area contributed by atoms with E-state index in [0.29, 0.717) is 40.0 Å². The van der Waals surface area contributed by atoms with E-state index in [-0.39, 0.29) is 48.1 Å². The highest BCUT2D eigenvalue weighted by molar-refractivity contribution is 6.42. The summed E-state index contributed by atoms with van der Waals surface area (Å²) < 4.78 is 3.55. The van der Waals surface area contributed by atoms with Gasteiger partial charge >= 0.3 is 0 Å². The smallest absolute Gasteiger partial charge is 0.273 e. The number of benzene rings is 1. The normalized spacial score (nSPS) is 21.8. The molecule has 198 valence electrons. The number of aromatic nitrogens is 4. The van der Waals surface area contributed by atoms with Crippen LogP contribution in [0.1, 0.15) is 89.5 Å². The van der Waals surface area contributed by atoms with Gasteiger partial charge in [0.15, 0.2) is 0 Å². The number of fused-ring (bicyclic) bond motifs is 3. The predicted molar refractivity (Wildman–Crippen MR) is 143 cm³/mol. The van der Waals surface area contributed by atoms with Crippen molar-refractivity contribution in [1.29, 1.82) is 0 Å². The maximum Gasteiger partial charge on any atom is 0.273 e. The molecule has 3 aliphatic rings. The molecule has 0 N–H and O–H groups in total. The Morgan fingerprint density at radius 2 is 1.87 bits per heavy atom. The number of carbonyl (C=O) groups excluding carboxylic acids is 2. The third-order valence-electron chi connectivity index (χ3n) is 7.90. The first kappa shape index (κ1) is 25.1. The summed E-state index contributed by atoms with van der Waals surface area (Å²) in [6.07, 6.45) is 5.66. The zero-order valence-electron chi connectivity index (χ0n) is 21.4. The summed E-state index contributed by atoms with van der Waals surface area (Å²) in [6.45, 7) is 6.70. The van der Waals surface area contributed by atoms with Gasteiger partial charge in [-0.3, -0.25) is 24.0 Å². The van der Waals surface area contributed by atoms with Crippen molar-refractivity contribution in [2.45, 2.75) is 70.7 Å². The highest BCUT2D eigenvalue weighted by atomic mass is 35.5. The van der Waals surface area contributed by atoms with E-state index in [1.165, 1.54) is 6.20 Å². The summed E-state index contributed by atoms with van der Waals surface area (Å²) in [5, 5.41) is 5.53. The molecule has 0 saturated heterocycles. The van der Waals surface area contributed by atoms with Gasteiger partial charge in [-0.05, 0) is 51.8 Å². The van der Waals surface area contributed by atoms with Gasteiger partial charge in [0, 0.05) is 42.4 Å². The van der Waals surface area contributed by atoms with Crippen LogP contribution in [0.25, 0.3) is 0 Å². The highest BCUT2D eigenvalue weighted by Gasteiger charge is 2.41. The monoisotopic (exact) mass is 554 g/mol. The lowest BCUT2D eigenvalue weighted by atomic mass is 9.97. The zero-order chi connectivity index (χ0) is 26.9. The summed E-state index contributed by atoms with van der Waals surface area (Å²) in [5.74, 6) is -0.318. The van der Waals surface area contributed by atoms with Crippen LogP contribution in [0.15, 0.2) is 35.4 Å². The molecule has 1 fully saturated rings. The molecular formula is C27H28Cl2N6O3. The lowest BCUT2D eigenvalue weighted by molar-refractivity contribution is 0.0570. The van der Waals surface area contributed by atoms with Crippen molar-refractivity contribution in [3.8, 4) is 0 Å². The average molecular weight is 555 g/mol. The predicted octanol–water partition coefficient (Wildman–Crippen LogP) is 4.45. The minimum atomic E-state index is -0.327. The van der Waals surface area contributed by atoms with Crippen molar-refractivity contribution >= 4 is 35.0 Å². The van der Waals surface area contributed by atoms with E-state index in [0.717, 1.165) is 24.1 Å². The SMILES string of the molecule is C[C@@H]1Cc2nn3c(c2CN1C(=O)c1ccc(Cl)c(Cl)c1)C(=O)N([C@H](C)c1cn(C2CC2)c(=O)cn1)C[C@H]3C. The van der Waals surface area contributed by atoms with Gasteiger partial charge in [-0.25, -0.2) is 0 Å². The molecule has 6 rings (SSSR count). The molecule has 2 amide bonds. The minimum Gasteiger partial charge on any atom is -0.331 e. The quantitative estimate of drug-likeness (QED) is 0.475. The van der Waals surface area contributed by atoms with E-state index in [2.05, 4.69) is 4.98 Å². The number of nitrogens with zero attached hydrogens (tertiary/aromatic N) is 6. The molecule has 0 unspecified atom stereocenters. The summed E-state index contributed by atoms with van der Waals surface area (Å²) in [4.78, 5) is 47.6. The lowest BCUT2D eigenvalue weighted by Crippen LogP contribution is -2.46. The van der Waals surface area contributed by atoms with Gasteiger partial charge in [0.05, 0.1) is 46.3 Å². The van der Waals surface area contributed by atoms with Gasteiger partial charge in [0.1, 0.15) is 5.69 Å². The maximum absolute atomic E-state index is 14.0. The summed E-state index contributed by atoms with van der Waals surface area (Å²) >= 11 is 12.2. The Labute approximate surface area is 230 Å². The van der Waals surface area contributed by atoms with Gasteiger partial charge in [-0.15, -0.1) is 0 Å². The van der Waals surface area contributed by atoms with Gasteiger partial charge in [-0.1, -0.05) is 23.2 Å². The Bertz CT molecular complexity index is 1530. The fourth-order valence-corrected chi connectivity index (χ4v) is 5.84. The average Bonchev–Trinajstić information content (AvgIpc) is 3.67. The zero-order valence-corrected chi connectivity index (χ0v) is 22.9. The number of hydrogen-bond acceptors (Lipinski definition) is 5. The van der Waals surface area contributed by atoms with Crippen LogP contribution in [0, 0.1) is 0 Å². The molecule has 0 bridgehead atoms. The Hall–Kier alpha value is -3.17. The van der Waals surface area contributed by atoms with Crippen LogP contribution < -0.4 is 5.56 Å². The van der Waals surface area contributed by atoms with Gasteiger partial charge in [-0.2, -0.15) is 5.10 Å². The third-order valence-corrected chi connectivity index (χ3v) is 8.64. The fourth-order valence-electron chi connectivity index (χ4n) is 5.54. The minimum absolute atomic E-state index is 0.0559. The first-order valence-corrected chi connectivity index (χ1v) is 13.6. The molecule has 0 radical (unpaired) electrons. The van der Waals surface area contributed by atoms with Gasteiger partial charge in [0.2, 0.25) is 0 Å². The highest BCUT2D eigenvalue weighted by Crippen LogP contribution is 2.36. The second-order valence-electron chi connectivity index (χ2n) is 10.6. The third kappa shape index (κ3) is 4.12. The van der Waals surface area contributed by atoms with Crippen molar-refractivity contribution in [2.24, 2.45) is 0 Å². The second-order valence-corrected chi connectivity index (χ2v) is 11.4. The fraction of sp³-hybridized carbons (Fsp3) is 0.444. The van der Waals surface area contributed by atoms with Crippen LogP contribution in [0.2, 0.25) is 10.0 Å². The van der Waals surface area contributed by atoms with Crippen molar-refractivity contribution in [1.82, 2.24) is 29.1 Å². The molecule has 1 aromatic carbocycles. The van der Waals surface area contributed by atoms with Crippen LogP contribution in [0.3, 0.4) is 0 Å². The Kier molecular flexibility index (Phi) is 6.11. The molecule has 1 aliphatic carbocycles. The van der Waals surface area contributed by atoms with Crippen molar-refractivity contribution in [2.75, 3.05) is 6.54 Å². The number of hydrogen-bond donors (Lipinski definition) is 0. The number of amides is 2. The first-order chi connectivity index (χ1) is 18.1. The molecule has 3 aromatic rings. The molecule has 2 aliphatic heterocycles. The number of halogens is 2. The molecule has 4 heterocycles. The van der Waals surface area contributed by atoms with E-state index in [1.54, 1.807) is 38.8 Å². The molecule has 9 nitrogen and oxygen atoms in total. The summed E-state index contributed by atoms with van der Waals surface area (Å²) in [7, 11) is 0. The van der Waals surface area contributed by atoms with Crippen LogP contribution in [0.4, 0.5) is 0 Å². The topological polar surface area (TPSA) is 93.3 Å². The standard InChI is InChI=1S/C27H28Cl2N6O3/c1-14-8-22-19(12-32(14)26(37)17-4-7-20(28)21(29)9-17)25-27(38)33(11-15(2)35(25)31-22)16(3)23-13-34(18-5-6-18)24(36)10-30-23/h4,7,9-10,13-16,18H,5-6,8,11-12H2,1-3H3/t14-,15-,16-/m1/s1. The molecule has 11 heteroatoms. The molecule has 0 spiro atoms. The van der Waals surface area contributed by atoms with E-state index < -0.39 is 0 Å². The maximum atomic E-state index is 14.0. The lowest BCUT2D eigenvalue weighted by Gasteiger charge is -2.37. The van der Waals surface area contributed by atoms with Crippen LogP contribution in [-0.4, -0.2) is 53.5 Å². The van der Waals surface area contributed by atoms with E-state index in [4.69, 9.17) is 28.3 Å².